The quantitative estimate of drug-likeness (QED) is 0.609. The first-order chi connectivity index (χ1) is 13.0. The number of hydrogen-bond donors (Lipinski definition) is 0. The average molecular weight is 384 g/mol. The second-order valence-electron chi connectivity index (χ2n) is 6.31. The molecule has 0 spiro atoms. The van der Waals surface area contributed by atoms with Crippen LogP contribution < -0.4 is 4.74 Å². The molecule has 0 saturated heterocycles. The van der Waals surface area contributed by atoms with E-state index in [1.807, 2.05) is 42.6 Å². The lowest BCUT2D eigenvalue weighted by Gasteiger charge is -2.17. The third kappa shape index (κ3) is 5.37. The van der Waals surface area contributed by atoms with Gasteiger partial charge in [-0.2, -0.15) is 0 Å². The van der Waals surface area contributed by atoms with Gasteiger partial charge in [-0.15, -0.1) is 11.3 Å². The van der Waals surface area contributed by atoms with Crippen molar-refractivity contribution in [1.82, 2.24) is 9.88 Å². The normalized spacial score (nSPS) is 10.6. The smallest absolute Gasteiger partial charge is 0.228 e. The van der Waals surface area contributed by atoms with Gasteiger partial charge in [0.05, 0.1) is 18.7 Å². The summed E-state index contributed by atoms with van der Waals surface area (Å²) in [5.74, 6) is 0.475. The number of aryl methyl sites for hydroxylation is 1. The summed E-state index contributed by atoms with van der Waals surface area (Å²) in [5.41, 5.74) is 2.55. The van der Waals surface area contributed by atoms with Crippen LogP contribution in [0.25, 0.3) is 10.6 Å². The third-order valence-corrected chi connectivity index (χ3v) is 5.01. The largest absolute Gasteiger partial charge is 0.492 e. The van der Waals surface area contributed by atoms with Crippen molar-refractivity contribution >= 4 is 17.2 Å². The zero-order chi connectivity index (χ0) is 19.2. The van der Waals surface area contributed by atoms with Gasteiger partial charge in [0.2, 0.25) is 5.91 Å². The van der Waals surface area contributed by atoms with E-state index in [1.54, 1.807) is 18.0 Å². The highest BCUT2D eigenvalue weighted by atomic mass is 32.1. The molecule has 2 aromatic carbocycles. The average Bonchev–Trinajstić information content (AvgIpc) is 3.10. The van der Waals surface area contributed by atoms with Crippen LogP contribution in [0, 0.1) is 12.7 Å². The van der Waals surface area contributed by atoms with Crippen molar-refractivity contribution in [1.29, 1.82) is 0 Å². The number of thiazole rings is 1. The highest BCUT2D eigenvalue weighted by molar-refractivity contribution is 7.13. The summed E-state index contributed by atoms with van der Waals surface area (Å²) in [5, 5.41) is 2.55. The molecule has 0 atom stereocenters. The molecule has 0 fully saturated rings. The third-order valence-electron chi connectivity index (χ3n) is 4.07. The Morgan fingerprint density at radius 2 is 2.04 bits per heavy atom. The number of nitrogens with zero attached hydrogens (tertiary/aromatic N) is 2. The van der Waals surface area contributed by atoms with Crippen LogP contribution >= 0.6 is 11.3 Å². The van der Waals surface area contributed by atoms with E-state index in [-0.39, 0.29) is 18.1 Å². The topological polar surface area (TPSA) is 42.4 Å². The van der Waals surface area contributed by atoms with E-state index in [4.69, 9.17) is 4.74 Å². The minimum atomic E-state index is -0.298. The molecule has 0 unspecified atom stereocenters. The van der Waals surface area contributed by atoms with Gasteiger partial charge in [0.25, 0.3) is 0 Å². The molecule has 0 aliphatic rings. The molecule has 1 amide bonds. The van der Waals surface area contributed by atoms with Gasteiger partial charge < -0.3 is 9.64 Å². The van der Waals surface area contributed by atoms with Crippen molar-refractivity contribution in [2.24, 2.45) is 0 Å². The first kappa shape index (κ1) is 19.0. The predicted molar refractivity (Wildman–Crippen MR) is 106 cm³/mol. The molecule has 6 heteroatoms. The number of aromatic nitrogens is 1. The van der Waals surface area contributed by atoms with Crippen molar-refractivity contribution in [3.63, 3.8) is 0 Å². The van der Waals surface area contributed by atoms with E-state index in [2.05, 4.69) is 4.98 Å². The van der Waals surface area contributed by atoms with Gasteiger partial charge in [-0.05, 0) is 36.8 Å². The molecule has 27 heavy (non-hydrogen) atoms. The zero-order valence-corrected chi connectivity index (χ0v) is 16.1. The maximum absolute atomic E-state index is 13.3. The minimum Gasteiger partial charge on any atom is -0.492 e. The second-order valence-corrected chi connectivity index (χ2v) is 7.17. The molecule has 1 aromatic heterocycles. The van der Waals surface area contributed by atoms with Gasteiger partial charge in [-0.3, -0.25) is 4.79 Å². The van der Waals surface area contributed by atoms with E-state index in [0.717, 1.165) is 16.9 Å². The van der Waals surface area contributed by atoms with Crippen molar-refractivity contribution < 1.29 is 13.9 Å². The van der Waals surface area contributed by atoms with E-state index in [1.165, 1.54) is 23.5 Å². The number of hydrogen-bond acceptors (Lipinski definition) is 4. The molecule has 0 saturated carbocycles. The van der Waals surface area contributed by atoms with Crippen LogP contribution in [-0.2, 0) is 11.2 Å². The summed E-state index contributed by atoms with van der Waals surface area (Å²) < 4.78 is 19.0. The molecule has 140 valence electrons. The van der Waals surface area contributed by atoms with E-state index >= 15 is 0 Å². The first-order valence-corrected chi connectivity index (χ1v) is 9.53. The Bertz CT molecular complexity index is 926. The van der Waals surface area contributed by atoms with Gasteiger partial charge in [-0.1, -0.05) is 24.3 Å². The van der Waals surface area contributed by atoms with Crippen LogP contribution in [0.3, 0.4) is 0 Å². The Balaban J connectivity index is 1.51. The van der Waals surface area contributed by atoms with Crippen molar-refractivity contribution in [3.8, 4) is 16.3 Å². The Morgan fingerprint density at radius 1 is 1.22 bits per heavy atom. The van der Waals surface area contributed by atoms with Crippen molar-refractivity contribution in [2.75, 3.05) is 20.2 Å². The van der Waals surface area contributed by atoms with Gasteiger partial charge in [0.1, 0.15) is 23.2 Å². The van der Waals surface area contributed by atoms with Crippen LogP contribution in [0.5, 0.6) is 5.75 Å². The fraction of sp³-hybridized carbons (Fsp3) is 0.238. The fourth-order valence-corrected chi connectivity index (χ4v) is 3.38. The second kappa shape index (κ2) is 8.77. The lowest BCUT2D eigenvalue weighted by atomic mass is 10.2. The van der Waals surface area contributed by atoms with E-state index in [9.17, 15) is 9.18 Å². The molecule has 3 rings (SSSR count). The molecular formula is C21H21FN2O2S. The first-order valence-electron chi connectivity index (χ1n) is 8.65. The molecule has 4 nitrogen and oxygen atoms in total. The molecule has 0 N–H and O–H groups in total. The number of rotatable bonds is 7. The minimum absolute atomic E-state index is 0.0288. The van der Waals surface area contributed by atoms with Crippen LogP contribution in [0.2, 0.25) is 0 Å². The molecule has 1 heterocycles. The maximum atomic E-state index is 13.3. The Morgan fingerprint density at radius 3 is 2.81 bits per heavy atom. The standard InChI is InChI=1S/C21H21FN2O2S/c1-15-5-3-8-19(11-15)26-10-9-24(2)20(25)13-18-14-27-21(23-18)16-6-4-7-17(22)12-16/h3-8,11-12,14H,9-10,13H2,1-2H3. The molecule has 0 bridgehead atoms. The molecule has 0 aliphatic carbocycles. The maximum Gasteiger partial charge on any atom is 0.228 e. The van der Waals surface area contributed by atoms with E-state index in [0.29, 0.717) is 23.9 Å². The Hall–Kier alpha value is -2.73. The van der Waals surface area contributed by atoms with Gasteiger partial charge in [0, 0.05) is 18.0 Å². The summed E-state index contributed by atoms with van der Waals surface area (Å²) >= 11 is 1.41. The Kier molecular flexibility index (Phi) is 6.19. The van der Waals surface area contributed by atoms with Crippen LogP contribution in [0.1, 0.15) is 11.3 Å². The number of likely N-dealkylation sites (N-methyl/N-ethyl adjacent to an activating group) is 1. The van der Waals surface area contributed by atoms with Gasteiger partial charge in [0.15, 0.2) is 0 Å². The monoisotopic (exact) mass is 384 g/mol. The van der Waals surface area contributed by atoms with E-state index < -0.39 is 0 Å². The fourth-order valence-electron chi connectivity index (χ4n) is 2.56. The molecule has 3 aromatic rings. The van der Waals surface area contributed by atoms with Crippen LogP contribution in [-0.4, -0.2) is 36.0 Å². The summed E-state index contributed by atoms with van der Waals surface area (Å²) in [4.78, 5) is 18.5. The number of ether oxygens (including phenoxy) is 1. The zero-order valence-electron chi connectivity index (χ0n) is 15.3. The van der Waals surface area contributed by atoms with Crippen LogP contribution in [0.4, 0.5) is 4.39 Å². The number of carbonyl (C=O) groups excluding carboxylic acids is 1. The number of benzene rings is 2. The van der Waals surface area contributed by atoms with Gasteiger partial charge >= 0.3 is 0 Å². The molecular weight excluding hydrogens is 363 g/mol. The Labute approximate surface area is 162 Å². The summed E-state index contributed by atoms with van der Waals surface area (Å²) in [7, 11) is 1.75. The number of amides is 1. The summed E-state index contributed by atoms with van der Waals surface area (Å²) in [6, 6.07) is 14.1. The van der Waals surface area contributed by atoms with Gasteiger partial charge in [-0.25, -0.2) is 9.37 Å². The number of carbonyl (C=O) groups is 1. The lowest BCUT2D eigenvalue weighted by molar-refractivity contribution is -0.129. The summed E-state index contributed by atoms with van der Waals surface area (Å²) in [6.45, 7) is 2.93. The highest BCUT2D eigenvalue weighted by Crippen LogP contribution is 2.24. The number of halogens is 1. The summed E-state index contributed by atoms with van der Waals surface area (Å²) in [6.07, 6.45) is 0.215. The SMILES string of the molecule is Cc1cccc(OCCN(C)C(=O)Cc2csc(-c3cccc(F)c3)n2)c1. The van der Waals surface area contributed by atoms with Crippen LogP contribution in [0.15, 0.2) is 53.9 Å². The lowest BCUT2D eigenvalue weighted by Crippen LogP contribution is -2.32. The van der Waals surface area contributed by atoms with Crippen molar-refractivity contribution in [3.05, 3.63) is 71.0 Å². The predicted octanol–water partition coefficient (Wildman–Crippen LogP) is 4.34. The molecule has 0 aliphatic heterocycles. The van der Waals surface area contributed by atoms with Crippen molar-refractivity contribution in [2.45, 2.75) is 13.3 Å². The molecule has 0 radical (unpaired) electrons. The highest BCUT2D eigenvalue weighted by Gasteiger charge is 2.13.